The molecule has 0 aliphatic carbocycles. The summed E-state index contributed by atoms with van der Waals surface area (Å²) >= 11 is 1.40. The van der Waals surface area contributed by atoms with Gasteiger partial charge in [0, 0.05) is 30.4 Å². The minimum atomic E-state index is -0.162. The third kappa shape index (κ3) is 2.60. The molecule has 5 nitrogen and oxygen atoms in total. The standard InChI is InChI=1S/C12H16N4OS/c1-8-3-4-9(16(8)2)6-14-12(17)10-7-18-11(5-13)15-10/h3-4,7H,5-6,13H2,1-2H3,(H,14,17). The van der Waals surface area contributed by atoms with Gasteiger partial charge in [0.1, 0.15) is 10.7 Å². The van der Waals surface area contributed by atoms with Crippen molar-refractivity contribution in [2.24, 2.45) is 12.8 Å². The van der Waals surface area contributed by atoms with Crippen molar-refractivity contribution in [3.05, 3.63) is 39.6 Å². The Hall–Kier alpha value is -1.66. The molecule has 0 saturated heterocycles. The van der Waals surface area contributed by atoms with Crippen LogP contribution in [-0.4, -0.2) is 15.5 Å². The van der Waals surface area contributed by atoms with Crippen LogP contribution in [0.3, 0.4) is 0 Å². The van der Waals surface area contributed by atoms with E-state index in [1.54, 1.807) is 5.38 Å². The molecule has 0 aliphatic heterocycles. The number of thiazole rings is 1. The number of nitrogens with one attached hydrogen (secondary N) is 1. The number of carbonyl (C=O) groups excluding carboxylic acids is 1. The summed E-state index contributed by atoms with van der Waals surface area (Å²) in [6, 6.07) is 4.03. The number of amides is 1. The summed E-state index contributed by atoms with van der Waals surface area (Å²) in [5.74, 6) is -0.162. The number of hydrogen-bond acceptors (Lipinski definition) is 4. The van der Waals surface area contributed by atoms with Gasteiger partial charge in [-0.1, -0.05) is 0 Å². The number of rotatable bonds is 4. The van der Waals surface area contributed by atoms with Crippen LogP contribution in [-0.2, 0) is 20.1 Å². The lowest BCUT2D eigenvalue weighted by Gasteiger charge is -2.06. The lowest BCUT2D eigenvalue weighted by molar-refractivity contribution is 0.0945. The number of carbonyl (C=O) groups is 1. The molecule has 0 radical (unpaired) electrons. The first kappa shape index (κ1) is 12.8. The van der Waals surface area contributed by atoms with Gasteiger partial charge >= 0.3 is 0 Å². The molecule has 6 heteroatoms. The van der Waals surface area contributed by atoms with Crippen LogP contribution in [0, 0.1) is 6.92 Å². The van der Waals surface area contributed by atoms with Gasteiger partial charge in [-0.2, -0.15) is 0 Å². The Balaban J connectivity index is 1.98. The normalized spacial score (nSPS) is 10.6. The van der Waals surface area contributed by atoms with Crippen LogP contribution < -0.4 is 11.1 Å². The number of aromatic nitrogens is 2. The van der Waals surface area contributed by atoms with Crippen LogP contribution in [0.25, 0.3) is 0 Å². The van der Waals surface area contributed by atoms with Gasteiger partial charge in [0.25, 0.3) is 5.91 Å². The minimum absolute atomic E-state index is 0.162. The van der Waals surface area contributed by atoms with Gasteiger partial charge in [0.15, 0.2) is 0 Å². The zero-order valence-corrected chi connectivity index (χ0v) is 11.3. The summed E-state index contributed by atoms with van der Waals surface area (Å²) in [6.07, 6.45) is 0. The van der Waals surface area contributed by atoms with E-state index in [0.29, 0.717) is 18.8 Å². The Morgan fingerprint density at radius 2 is 2.33 bits per heavy atom. The van der Waals surface area contributed by atoms with Gasteiger partial charge in [-0.05, 0) is 19.1 Å². The van der Waals surface area contributed by atoms with E-state index in [1.165, 1.54) is 17.0 Å². The van der Waals surface area contributed by atoms with Crippen LogP contribution >= 0.6 is 11.3 Å². The number of nitrogens with two attached hydrogens (primary N) is 1. The van der Waals surface area contributed by atoms with Gasteiger partial charge in [-0.15, -0.1) is 11.3 Å². The molecule has 2 heterocycles. The van der Waals surface area contributed by atoms with Crippen molar-refractivity contribution < 1.29 is 4.79 Å². The summed E-state index contributed by atoms with van der Waals surface area (Å²) in [5, 5.41) is 5.35. The van der Waals surface area contributed by atoms with Crippen molar-refractivity contribution in [3.8, 4) is 0 Å². The molecule has 0 atom stereocenters. The van der Waals surface area contributed by atoms with Crippen molar-refractivity contribution in [2.45, 2.75) is 20.0 Å². The van der Waals surface area contributed by atoms with Crippen molar-refractivity contribution in [3.63, 3.8) is 0 Å². The fraction of sp³-hybridized carbons (Fsp3) is 0.333. The Morgan fingerprint density at radius 1 is 1.56 bits per heavy atom. The Morgan fingerprint density at radius 3 is 2.89 bits per heavy atom. The SMILES string of the molecule is Cc1ccc(CNC(=O)c2csc(CN)n2)n1C. The lowest BCUT2D eigenvalue weighted by Crippen LogP contribution is -2.24. The van der Waals surface area contributed by atoms with Crippen LogP contribution in [0.5, 0.6) is 0 Å². The third-order valence-electron chi connectivity index (χ3n) is 2.87. The van der Waals surface area contributed by atoms with Crippen molar-refractivity contribution in [1.82, 2.24) is 14.9 Å². The van der Waals surface area contributed by atoms with E-state index in [1.807, 2.05) is 30.7 Å². The summed E-state index contributed by atoms with van der Waals surface area (Å²) in [6.45, 7) is 2.90. The second-order valence-corrected chi connectivity index (χ2v) is 4.98. The zero-order chi connectivity index (χ0) is 13.1. The van der Waals surface area contributed by atoms with E-state index >= 15 is 0 Å². The Labute approximate surface area is 110 Å². The number of nitrogens with zero attached hydrogens (tertiary/aromatic N) is 2. The number of hydrogen-bond donors (Lipinski definition) is 2. The molecule has 2 aromatic heterocycles. The van der Waals surface area contributed by atoms with Gasteiger partial charge in [0.05, 0.1) is 6.54 Å². The molecule has 2 rings (SSSR count). The fourth-order valence-corrected chi connectivity index (χ4v) is 2.27. The first-order valence-corrected chi connectivity index (χ1v) is 6.53. The summed E-state index contributed by atoms with van der Waals surface area (Å²) in [7, 11) is 1.98. The van der Waals surface area contributed by atoms with Gasteiger partial charge < -0.3 is 15.6 Å². The molecule has 18 heavy (non-hydrogen) atoms. The van der Waals surface area contributed by atoms with Gasteiger partial charge in [-0.3, -0.25) is 4.79 Å². The first-order valence-electron chi connectivity index (χ1n) is 5.65. The highest BCUT2D eigenvalue weighted by atomic mass is 32.1. The monoisotopic (exact) mass is 264 g/mol. The average Bonchev–Trinajstić information content (AvgIpc) is 2.96. The van der Waals surface area contributed by atoms with Gasteiger partial charge in [-0.25, -0.2) is 4.98 Å². The maximum Gasteiger partial charge on any atom is 0.271 e. The summed E-state index contributed by atoms with van der Waals surface area (Å²) < 4.78 is 2.05. The highest BCUT2D eigenvalue weighted by Gasteiger charge is 2.10. The smallest absolute Gasteiger partial charge is 0.271 e. The van der Waals surface area contributed by atoms with Crippen molar-refractivity contribution in [2.75, 3.05) is 0 Å². The molecule has 2 aromatic rings. The molecule has 0 aromatic carbocycles. The van der Waals surface area contributed by atoms with Crippen LogP contribution in [0.1, 0.15) is 26.9 Å². The van der Waals surface area contributed by atoms with E-state index < -0.39 is 0 Å². The van der Waals surface area contributed by atoms with Crippen molar-refractivity contribution >= 4 is 17.2 Å². The predicted molar refractivity (Wildman–Crippen MR) is 71.3 cm³/mol. The second-order valence-electron chi connectivity index (χ2n) is 4.04. The summed E-state index contributed by atoms with van der Waals surface area (Å²) in [5.41, 5.74) is 8.13. The van der Waals surface area contributed by atoms with E-state index in [4.69, 9.17) is 5.73 Å². The largest absolute Gasteiger partial charge is 0.350 e. The predicted octanol–water partition coefficient (Wildman–Crippen LogP) is 1.18. The van der Waals surface area contributed by atoms with E-state index in [9.17, 15) is 4.79 Å². The van der Waals surface area contributed by atoms with Gasteiger partial charge in [0.2, 0.25) is 0 Å². The van der Waals surface area contributed by atoms with Crippen molar-refractivity contribution in [1.29, 1.82) is 0 Å². The molecule has 1 amide bonds. The molecule has 0 aliphatic rings. The molecule has 0 saturated carbocycles. The highest BCUT2D eigenvalue weighted by molar-refractivity contribution is 7.09. The fourth-order valence-electron chi connectivity index (χ4n) is 1.61. The average molecular weight is 264 g/mol. The van der Waals surface area contributed by atoms with E-state index in [-0.39, 0.29) is 5.91 Å². The van der Waals surface area contributed by atoms with Crippen LogP contribution in [0.4, 0.5) is 0 Å². The van der Waals surface area contributed by atoms with E-state index in [2.05, 4.69) is 10.3 Å². The molecular weight excluding hydrogens is 248 g/mol. The van der Waals surface area contributed by atoms with E-state index in [0.717, 1.165) is 10.7 Å². The maximum atomic E-state index is 11.8. The summed E-state index contributed by atoms with van der Waals surface area (Å²) in [4.78, 5) is 16.0. The Kier molecular flexibility index (Phi) is 3.78. The molecule has 0 unspecified atom stereocenters. The highest BCUT2D eigenvalue weighted by Crippen LogP contribution is 2.09. The van der Waals surface area contributed by atoms with Crippen LogP contribution in [0.2, 0.25) is 0 Å². The molecule has 0 fully saturated rings. The quantitative estimate of drug-likeness (QED) is 0.871. The molecule has 0 bridgehead atoms. The Bertz CT molecular complexity index is 558. The number of aryl methyl sites for hydroxylation is 1. The molecular formula is C12H16N4OS. The second kappa shape index (κ2) is 5.32. The zero-order valence-electron chi connectivity index (χ0n) is 10.4. The molecule has 0 spiro atoms. The van der Waals surface area contributed by atoms with Crippen LogP contribution in [0.15, 0.2) is 17.5 Å². The topological polar surface area (TPSA) is 72.9 Å². The molecule has 96 valence electrons. The lowest BCUT2D eigenvalue weighted by atomic mass is 10.4. The third-order valence-corrected chi connectivity index (χ3v) is 3.74. The minimum Gasteiger partial charge on any atom is -0.350 e. The maximum absolute atomic E-state index is 11.8. The first-order chi connectivity index (χ1) is 8.61. The molecule has 3 N–H and O–H groups in total.